The molecule has 0 aromatic heterocycles. The number of hydrogen-bond donors (Lipinski definition) is 1. The maximum Gasteiger partial charge on any atom is 0.124 e. The summed E-state index contributed by atoms with van der Waals surface area (Å²) in [4.78, 5) is 0. The summed E-state index contributed by atoms with van der Waals surface area (Å²) in [6, 6.07) is 6.16. The number of benzene rings is 1. The molecule has 0 fully saturated rings. The average molecular weight is 193 g/mol. The first kappa shape index (κ1) is 11.1. The van der Waals surface area contributed by atoms with Gasteiger partial charge in [-0.1, -0.05) is 12.1 Å². The molecular formula is C12H19NO. The Labute approximate surface area is 86.1 Å². The van der Waals surface area contributed by atoms with Gasteiger partial charge in [-0.15, -0.1) is 0 Å². The van der Waals surface area contributed by atoms with Gasteiger partial charge >= 0.3 is 0 Å². The van der Waals surface area contributed by atoms with Crippen LogP contribution in [0.25, 0.3) is 0 Å². The van der Waals surface area contributed by atoms with Crippen molar-refractivity contribution in [3.05, 3.63) is 29.3 Å². The van der Waals surface area contributed by atoms with Crippen LogP contribution in [0, 0.1) is 6.92 Å². The van der Waals surface area contributed by atoms with Crippen LogP contribution in [0.2, 0.25) is 0 Å². The van der Waals surface area contributed by atoms with Gasteiger partial charge in [0, 0.05) is 11.6 Å². The summed E-state index contributed by atoms with van der Waals surface area (Å²) in [5, 5.41) is 0. The minimum Gasteiger partial charge on any atom is -0.491 e. The van der Waals surface area contributed by atoms with Crippen molar-refractivity contribution in [3.63, 3.8) is 0 Å². The standard InChI is InChI=1S/C12H19NO/c1-8(2)14-12-7-9(3)5-6-11(12)10(4)13/h5-8,10H,13H2,1-4H3/t10-/m1/s1. The molecular weight excluding hydrogens is 174 g/mol. The largest absolute Gasteiger partial charge is 0.491 e. The Morgan fingerprint density at radius 1 is 1.21 bits per heavy atom. The predicted octanol–water partition coefficient (Wildman–Crippen LogP) is 2.80. The van der Waals surface area contributed by atoms with Crippen LogP contribution in [0.1, 0.15) is 37.9 Å². The first-order valence-electron chi connectivity index (χ1n) is 5.03. The second-order valence-corrected chi connectivity index (χ2v) is 4.00. The van der Waals surface area contributed by atoms with Crippen LogP contribution >= 0.6 is 0 Å². The second-order valence-electron chi connectivity index (χ2n) is 4.00. The van der Waals surface area contributed by atoms with Gasteiger partial charge in [0.1, 0.15) is 5.75 Å². The van der Waals surface area contributed by atoms with E-state index >= 15 is 0 Å². The smallest absolute Gasteiger partial charge is 0.124 e. The highest BCUT2D eigenvalue weighted by atomic mass is 16.5. The van der Waals surface area contributed by atoms with Crippen molar-refractivity contribution in [3.8, 4) is 5.75 Å². The lowest BCUT2D eigenvalue weighted by Gasteiger charge is -2.16. The number of aryl methyl sites for hydroxylation is 1. The van der Waals surface area contributed by atoms with Gasteiger partial charge in [0.25, 0.3) is 0 Å². The number of nitrogens with two attached hydrogens (primary N) is 1. The highest BCUT2D eigenvalue weighted by molar-refractivity contribution is 5.39. The minimum atomic E-state index is 0.0179. The number of rotatable bonds is 3. The maximum absolute atomic E-state index is 5.86. The molecule has 0 bridgehead atoms. The van der Waals surface area contributed by atoms with Gasteiger partial charge in [-0.05, 0) is 39.3 Å². The summed E-state index contributed by atoms with van der Waals surface area (Å²) in [7, 11) is 0. The minimum absolute atomic E-state index is 0.0179. The van der Waals surface area contributed by atoms with Crippen molar-refractivity contribution in [2.24, 2.45) is 5.73 Å². The normalized spacial score (nSPS) is 13.0. The SMILES string of the molecule is Cc1ccc([C@@H](C)N)c(OC(C)C)c1. The van der Waals surface area contributed by atoms with Gasteiger partial charge in [-0.25, -0.2) is 0 Å². The molecule has 0 aliphatic heterocycles. The van der Waals surface area contributed by atoms with Gasteiger partial charge in [0.15, 0.2) is 0 Å². The van der Waals surface area contributed by atoms with Gasteiger partial charge in [0.2, 0.25) is 0 Å². The third-order valence-electron chi connectivity index (χ3n) is 2.02. The third-order valence-corrected chi connectivity index (χ3v) is 2.02. The van der Waals surface area contributed by atoms with E-state index in [0.29, 0.717) is 0 Å². The van der Waals surface area contributed by atoms with E-state index in [0.717, 1.165) is 11.3 Å². The molecule has 2 N–H and O–H groups in total. The zero-order valence-electron chi connectivity index (χ0n) is 9.37. The molecule has 1 aromatic carbocycles. The molecule has 0 radical (unpaired) electrons. The molecule has 0 heterocycles. The summed E-state index contributed by atoms with van der Waals surface area (Å²) < 4.78 is 5.71. The molecule has 0 saturated carbocycles. The Bertz CT molecular complexity index is 305. The number of hydrogen-bond acceptors (Lipinski definition) is 2. The molecule has 78 valence electrons. The summed E-state index contributed by atoms with van der Waals surface area (Å²) in [5.74, 6) is 0.912. The monoisotopic (exact) mass is 193 g/mol. The Hall–Kier alpha value is -1.02. The van der Waals surface area contributed by atoms with Crippen LogP contribution in [0.15, 0.2) is 18.2 Å². The van der Waals surface area contributed by atoms with Crippen LogP contribution in [0.4, 0.5) is 0 Å². The molecule has 14 heavy (non-hydrogen) atoms. The lowest BCUT2D eigenvalue weighted by molar-refractivity contribution is 0.239. The first-order chi connectivity index (χ1) is 6.50. The van der Waals surface area contributed by atoms with E-state index in [1.165, 1.54) is 5.56 Å². The second kappa shape index (κ2) is 4.47. The van der Waals surface area contributed by atoms with Crippen molar-refractivity contribution in [1.29, 1.82) is 0 Å². The number of ether oxygens (including phenoxy) is 1. The molecule has 2 heteroatoms. The van der Waals surface area contributed by atoms with E-state index < -0.39 is 0 Å². The highest BCUT2D eigenvalue weighted by Gasteiger charge is 2.09. The van der Waals surface area contributed by atoms with Crippen molar-refractivity contribution in [2.45, 2.75) is 39.8 Å². The first-order valence-corrected chi connectivity index (χ1v) is 5.03. The van der Waals surface area contributed by atoms with E-state index in [4.69, 9.17) is 10.5 Å². The Balaban J connectivity index is 3.03. The topological polar surface area (TPSA) is 35.2 Å². The van der Waals surface area contributed by atoms with Gasteiger partial charge in [-0.2, -0.15) is 0 Å². The molecule has 1 atom stereocenters. The molecule has 0 aliphatic carbocycles. The van der Waals surface area contributed by atoms with E-state index in [1.807, 2.05) is 32.9 Å². The lowest BCUT2D eigenvalue weighted by atomic mass is 10.1. The zero-order chi connectivity index (χ0) is 10.7. The molecule has 0 unspecified atom stereocenters. The molecule has 0 saturated heterocycles. The molecule has 2 nitrogen and oxygen atoms in total. The van der Waals surface area contributed by atoms with Crippen molar-refractivity contribution < 1.29 is 4.74 Å². The summed E-state index contributed by atoms with van der Waals surface area (Å²) in [6.07, 6.45) is 0.189. The van der Waals surface area contributed by atoms with Crippen LogP contribution < -0.4 is 10.5 Å². The zero-order valence-corrected chi connectivity index (χ0v) is 9.37. The maximum atomic E-state index is 5.86. The molecule has 0 spiro atoms. The quantitative estimate of drug-likeness (QED) is 0.801. The van der Waals surface area contributed by atoms with E-state index in [1.54, 1.807) is 0 Å². The van der Waals surface area contributed by atoms with Gasteiger partial charge < -0.3 is 10.5 Å². The summed E-state index contributed by atoms with van der Waals surface area (Å²) >= 11 is 0. The summed E-state index contributed by atoms with van der Waals surface area (Å²) in [5.41, 5.74) is 8.13. The van der Waals surface area contributed by atoms with E-state index in [9.17, 15) is 0 Å². The predicted molar refractivity (Wildman–Crippen MR) is 59.5 cm³/mol. The van der Waals surface area contributed by atoms with Crippen molar-refractivity contribution in [2.75, 3.05) is 0 Å². The van der Waals surface area contributed by atoms with Gasteiger partial charge in [0.05, 0.1) is 6.10 Å². The lowest BCUT2D eigenvalue weighted by Crippen LogP contribution is -2.12. The van der Waals surface area contributed by atoms with Crippen molar-refractivity contribution >= 4 is 0 Å². The molecule has 0 amide bonds. The van der Waals surface area contributed by atoms with Crippen LogP contribution in [-0.2, 0) is 0 Å². The van der Waals surface area contributed by atoms with Crippen LogP contribution in [0.3, 0.4) is 0 Å². The molecule has 0 aliphatic rings. The average Bonchev–Trinajstić information content (AvgIpc) is 2.01. The fraction of sp³-hybridized carbons (Fsp3) is 0.500. The molecule has 1 rings (SSSR count). The summed E-state index contributed by atoms with van der Waals surface area (Å²) in [6.45, 7) is 8.07. The van der Waals surface area contributed by atoms with E-state index in [-0.39, 0.29) is 12.1 Å². The van der Waals surface area contributed by atoms with Crippen LogP contribution in [0.5, 0.6) is 5.75 Å². The molecule has 1 aromatic rings. The van der Waals surface area contributed by atoms with Gasteiger partial charge in [-0.3, -0.25) is 0 Å². The van der Waals surface area contributed by atoms with Crippen molar-refractivity contribution in [1.82, 2.24) is 0 Å². The Kier molecular flexibility index (Phi) is 3.53. The highest BCUT2D eigenvalue weighted by Crippen LogP contribution is 2.25. The third kappa shape index (κ3) is 2.74. The van der Waals surface area contributed by atoms with Crippen LogP contribution in [-0.4, -0.2) is 6.10 Å². The Morgan fingerprint density at radius 2 is 1.86 bits per heavy atom. The van der Waals surface area contributed by atoms with E-state index in [2.05, 4.69) is 13.0 Å². The fourth-order valence-corrected chi connectivity index (χ4v) is 1.37. The fourth-order valence-electron chi connectivity index (χ4n) is 1.37. The Morgan fingerprint density at radius 3 is 2.36 bits per heavy atom.